The summed E-state index contributed by atoms with van der Waals surface area (Å²) >= 11 is 0. The Morgan fingerprint density at radius 1 is 1.37 bits per heavy atom. The molecule has 1 heterocycles. The summed E-state index contributed by atoms with van der Waals surface area (Å²) in [6.45, 7) is 3.76. The summed E-state index contributed by atoms with van der Waals surface area (Å²) in [5.74, 6) is 1.21. The molecule has 106 valence electrons. The van der Waals surface area contributed by atoms with Crippen LogP contribution in [0.15, 0.2) is 24.3 Å². The first-order valence-electron chi connectivity index (χ1n) is 6.76. The van der Waals surface area contributed by atoms with E-state index < -0.39 is 9.84 Å². The van der Waals surface area contributed by atoms with Gasteiger partial charge in [-0.2, -0.15) is 0 Å². The lowest BCUT2D eigenvalue weighted by Crippen LogP contribution is -2.30. The number of para-hydroxylation sites is 1. The fourth-order valence-corrected chi connectivity index (χ4v) is 4.20. The van der Waals surface area contributed by atoms with E-state index in [0.29, 0.717) is 25.4 Å². The molecule has 1 unspecified atom stereocenters. The van der Waals surface area contributed by atoms with Gasteiger partial charge in [-0.1, -0.05) is 18.2 Å². The number of nitrogens with one attached hydrogen (secondary N) is 1. The van der Waals surface area contributed by atoms with Crippen molar-refractivity contribution in [2.45, 2.75) is 31.6 Å². The van der Waals surface area contributed by atoms with E-state index in [1.807, 2.05) is 31.2 Å². The lowest BCUT2D eigenvalue weighted by molar-refractivity contribution is 0.335. The predicted molar refractivity (Wildman–Crippen MR) is 76.1 cm³/mol. The summed E-state index contributed by atoms with van der Waals surface area (Å²) in [4.78, 5) is 0. The van der Waals surface area contributed by atoms with Gasteiger partial charge in [-0.3, -0.25) is 0 Å². The summed E-state index contributed by atoms with van der Waals surface area (Å²) in [7, 11) is -2.86. The molecule has 0 amide bonds. The number of hydrogen-bond acceptors (Lipinski definition) is 4. The Hall–Kier alpha value is -1.07. The van der Waals surface area contributed by atoms with Crippen molar-refractivity contribution in [3.63, 3.8) is 0 Å². The van der Waals surface area contributed by atoms with E-state index in [1.165, 1.54) is 0 Å². The minimum absolute atomic E-state index is 0.216. The summed E-state index contributed by atoms with van der Waals surface area (Å²) in [5, 5.41) is 3.02. The van der Waals surface area contributed by atoms with E-state index in [-0.39, 0.29) is 5.25 Å². The summed E-state index contributed by atoms with van der Waals surface area (Å²) < 4.78 is 29.0. The molecule has 1 aliphatic rings. The zero-order valence-corrected chi connectivity index (χ0v) is 12.1. The fraction of sp³-hybridized carbons (Fsp3) is 0.571. The molecule has 19 heavy (non-hydrogen) atoms. The lowest BCUT2D eigenvalue weighted by Gasteiger charge is -2.13. The van der Waals surface area contributed by atoms with Gasteiger partial charge in [0.2, 0.25) is 0 Å². The number of rotatable bonds is 6. The molecule has 2 rings (SSSR count). The molecule has 1 aromatic carbocycles. The van der Waals surface area contributed by atoms with Crippen LogP contribution in [0.25, 0.3) is 0 Å². The average molecular weight is 283 g/mol. The van der Waals surface area contributed by atoms with Crippen molar-refractivity contribution < 1.29 is 13.2 Å². The Morgan fingerprint density at radius 3 is 2.84 bits per heavy atom. The summed E-state index contributed by atoms with van der Waals surface area (Å²) in [6.07, 6.45) is 1.58. The molecule has 0 spiro atoms. The smallest absolute Gasteiger partial charge is 0.154 e. The zero-order valence-electron chi connectivity index (χ0n) is 11.3. The third kappa shape index (κ3) is 3.70. The van der Waals surface area contributed by atoms with Crippen LogP contribution in [-0.4, -0.2) is 32.6 Å². The normalized spacial score (nSPS) is 21.4. The van der Waals surface area contributed by atoms with Crippen LogP contribution in [0.3, 0.4) is 0 Å². The molecular formula is C14H21NO3S. The molecule has 1 N–H and O–H groups in total. The summed E-state index contributed by atoms with van der Waals surface area (Å²) in [5.41, 5.74) is 1.07. The lowest BCUT2D eigenvalue weighted by atomic mass is 10.2. The van der Waals surface area contributed by atoms with Gasteiger partial charge in [0, 0.05) is 18.7 Å². The first-order valence-corrected chi connectivity index (χ1v) is 8.48. The van der Waals surface area contributed by atoms with Crippen LogP contribution < -0.4 is 10.1 Å². The maximum atomic E-state index is 11.7. The summed E-state index contributed by atoms with van der Waals surface area (Å²) in [6, 6.07) is 7.84. The zero-order chi connectivity index (χ0) is 13.7. The number of ether oxygens (including phenoxy) is 1. The van der Waals surface area contributed by atoms with E-state index in [0.717, 1.165) is 24.2 Å². The van der Waals surface area contributed by atoms with E-state index in [2.05, 4.69) is 5.32 Å². The Labute approximate surface area is 115 Å². The minimum atomic E-state index is -2.86. The van der Waals surface area contributed by atoms with Gasteiger partial charge >= 0.3 is 0 Å². The molecule has 1 saturated heterocycles. The van der Waals surface area contributed by atoms with Crippen LogP contribution in [0, 0.1) is 0 Å². The van der Waals surface area contributed by atoms with Crippen molar-refractivity contribution in [2.24, 2.45) is 0 Å². The maximum absolute atomic E-state index is 11.7. The van der Waals surface area contributed by atoms with Crippen LogP contribution in [0.4, 0.5) is 0 Å². The highest BCUT2D eigenvalue weighted by Crippen LogP contribution is 2.20. The van der Waals surface area contributed by atoms with Crippen molar-refractivity contribution in [3.8, 4) is 5.75 Å². The van der Waals surface area contributed by atoms with Gasteiger partial charge in [0.25, 0.3) is 0 Å². The number of hydrogen-bond donors (Lipinski definition) is 1. The molecule has 0 aromatic heterocycles. The quantitative estimate of drug-likeness (QED) is 0.864. The maximum Gasteiger partial charge on any atom is 0.154 e. The average Bonchev–Trinajstić information content (AvgIpc) is 2.71. The largest absolute Gasteiger partial charge is 0.494 e. The molecule has 1 fully saturated rings. The molecule has 5 heteroatoms. The molecule has 4 nitrogen and oxygen atoms in total. The van der Waals surface area contributed by atoms with Crippen molar-refractivity contribution in [2.75, 3.05) is 18.9 Å². The predicted octanol–water partition coefficient (Wildman–Crippen LogP) is 1.75. The van der Waals surface area contributed by atoms with Crippen molar-refractivity contribution in [3.05, 3.63) is 29.8 Å². The van der Waals surface area contributed by atoms with Gasteiger partial charge in [-0.15, -0.1) is 0 Å². The fourth-order valence-electron chi connectivity index (χ4n) is 2.40. The highest BCUT2D eigenvalue weighted by atomic mass is 32.2. The second kappa shape index (κ2) is 6.39. The minimum Gasteiger partial charge on any atom is -0.494 e. The van der Waals surface area contributed by atoms with Crippen LogP contribution in [0.2, 0.25) is 0 Å². The van der Waals surface area contributed by atoms with Crippen LogP contribution in [-0.2, 0) is 16.4 Å². The first-order chi connectivity index (χ1) is 9.13. The Bertz CT molecular complexity index is 513. The first kappa shape index (κ1) is 14.3. The van der Waals surface area contributed by atoms with Crippen molar-refractivity contribution in [1.82, 2.24) is 5.32 Å². The Kier molecular flexibility index (Phi) is 4.82. The topological polar surface area (TPSA) is 55.4 Å². The Balaban J connectivity index is 1.89. The van der Waals surface area contributed by atoms with Crippen LogP contribution in [0.1, 0.15) is 25.3 Å². The molecule has 1 aliphatic heterocycles. The third-order valence-electron chi connectivity index (χ3n) is 3.42. The van der Waals surface area contributed by atoms with E-state index >= 15 is 0 Å². The number of sulfone groups is 1. The highest BCUT2D eigenvalue weighted by Gasteiger charge is 2.30. The number of benzene rings is 1. The van der Waals surface area contributed by atoms with E-state index in [4.69, 9.17) is 4.74 Å². The van der Waals surface area contributed by atoms with Crippen molar-refractivity contribution in [1.29, 1.82) is 0 Å². The second-order valence-electron chi connectivity index (χ2n) is 4.80. The van der Waals surface area contributed by atoms with Crippen LogP contribution >= 0.6 is 0 Å². The van der Waals surface area contributed by atoms with Gasteiger partial charge in [0.15, 0.2) is 9.84 Å². The van der Waals surface area contributed by atoms with E-state index in [1.54, 1.807) is 0 Å². The Morgan fingerprint density at radius 2 is 2.16 bits per heavy atom. The van der Waals surface area contributed by atoms with Gasteiger partial charge in [-0.05, 0) is 25.8 Å². The van der Waals surface area contributed by atoms with E-state index in [9.17, 15) is 8.42 Å². The molecule has 0 aliphatic carbocycles. The second-order valence-corrected chi connectivity index (χ2v) is 7.20. The standard InChI is InChI=1S/C14H21NO3S/c1-2-18-14-8-4-3-6-12(14)10-15-11-13-7-5-9-19(13,16)17/h3-4,6,8,13,15H,2,5,7,9-11H2,1H3. The SMILES string of the molecule is CCOc1ccccc1CNCC1CCCS1(=O)=O. The van der Waals surface area contributed by atoms with Gasteiger partial charge in [0.1, 0.15) is 5.75 Å². The third-order valence-corrected chi connectivity index (χ3v) is 5.70. The molecular weight excluding hydrogens is 262 g/mol. The molecule has 0 radical (unpaired) electrons. The van der Waals surface area contributed by atoms with Gasteiger partial charge < -0.3 is 10.1 Å². The highest BCUT2D eigenvalue weighted by molar-refractivity contribution is 7.92. The molecule has 1 aromatic rings. The van der Waals surface area contributed by atoms with Gasteiger partial charge in [0.05, 0.1) is 17.6 Å². The monoisotopic (exact) mass is 283 g/mol. The van der Waals surface area contributed by atoms with Gasteiger partial charge in [-0.25, -0.2) is 8.42 Å². The molecule has 1 atom stereocenters. The molecule has 0 bridgehead atoms. The molecule has 0 saturated carbocycles. The van der Waals surface area contributed by atoms with Crippen molar-refractivity contribution >= 4 is 9.84 Å². The van der Waals surface area contributed by atoms with Crippen LogP contribution in [0.5, 0.6) is 5.75 Å².